The molecule has 0 bridgehead atoms. The molecule has 0 atom stereocenters. The smallest absolute Gasteiger partial charge is 0.387 e. The second kappa shape index (κ2) is 4.18. The van der Waals surface area contributed by atoms with Crippen LogP contribution >= 0.6 is 34.2 Å². The average molecular weight is 305 g/mol. The van der Waals surface area contributed by atoms with Gasteiger partial charge in [-0.05, 0) is 28.7 Å². The van der Waals surface area contributed by atoms with Crippen LogP contribution in [0.25, 0.3) is 0 Å². The summed E-state index contributed by atoms with van der Waals surface area (Å²) in [6, 6.07) is 1.53. The van der Waals surface area contributed by atoms with Crippen LogP contribution in [-0.4, -0.2) is 11.6 Å². The van der Waals surface area contributed by atoms with Crippen LogP contribution in [0.1, 0.15) is 0 Å². The number of nitrogens with zero attached hydrogens (tertiary/aromatic N) is 1. The van der Waals surface area contributed by atoms with Crippen molar-refractivity contribution in [3.8, 4) is 5.75 Å². The summed E-state index contributed by atoms with van der Waals surface area (Å²) in [6.45, 7) is -2.87. The number of hydrogen-bond acceptors (Lipinski definition) is 2. The zero-order chi connectivity index (χ0) is 9.14. The molecule has 0 spiro atoms. The van der Waals surface area contributed by atoms with Gasteiger partial charge in [0.25, 0.3) is 0 Å². The number of pyridine rings is 1. The minimum Gasteiger partial charge on any atom is -0.430 e. The first-order valence-corrected chi connectivity index (χ1v) is 4.31. The summed E-state index contributed by atoms with van der Waals surface area (Å²) in [5, 5.41) is -0.0535. The Morgan fingerprint density at radius 1 is 1.58 bits per heavy atom. The molecule has 0 fully saturated rings. The SMILES string of the molecule is FC(F)Oc1c(I)ccnc1Cl. The van der Waals surface area contributed by atoms with Gasteiger partial charge in [0.2, 0.25) is 0 Å². The maximum absolute atomic E-state index is 11.8. The molecule has 0 saturated carbocycles. The minimum atomic E-state index is -2.87. The van der Waals surface area contributed by atoms with E-state index in [-0.39, 0.29) is 10.9 Å². The van der Waals surface area contributed by atoms with Gasteiger partial charge >= 0.3 is 6.61 Å². The number of alkyl halides is 2. The third kappa shape index (κ3) is 2.41. The number of aromatic nitrogens is 1. The van der Waals surface area contributed by atoms with E-state index in [0.717, 1.165) is 0 Å². The van der Waals surface area contributed by atoms with Gasteiger partial charge in [0.05, 0.1) is 3.57 Å². The molecule has 2 nitrogen and oxygen atoms in total. The third-order valence-electron chi connectivity index (χ3n) is 1.02. The van der Waals surface area contributed by atoms with Crippen molar-refractivity contribution in [2.24, 2.45) is 0 Å². The largest absolute Gasteiger partial charge is 0.430 e. The van der Waals surface area contributed by atoms with Crippen molar-refractivity contribution in [1.82, 2.24) is 4.98 Å². The number of hydrogen-bond donors (Lipinski definition) is 0. The zero-order valence-corrected chi connectivity index (χ0v) is 8.51. The second-order valence-electron chi connectivity index (χ2n) is 1.79. The van der Waals surface area contributed by atoms with Crippen molar-refractivity contribution in [2.45, 2.75) is 6.61 Å². The molecule has 0 amide bonds. The molecule has 6 heteroatoms. The van der Waals surface area contributed by atoms with E-state index >= 15 is 0 Å². The molecule has 0 unspecified atom stereocenters. The molecule has 12 heavy (non-hydrogen) atoms. The molecular weight excluding hydrogens is 302 g/mol. The number of ether oxygens (including phenoxy) is 1. The van der Waals surface area contributed by atoms with Gasteiger partial charge in [-0.15, -0.1) is 0 Å². The highest BCUT2D eigenvalue weighted by Gasteiger charge is 2.12. The highest BCUT2D eigenvalue weighted by Crippen LogP contribution is 2.28. The second-order valence-corrected chi connectivity index (χ2v) is 3.31. The molecule has 66 valence electrons. The fraction of sp³-hybridized carbons (Fsp3) is 0.167. The summed E-state index contributed by atoms with van der Waals surface area (Å²) < 4.78 is 28.2. The Hall–Kier alpha value is -0.170. The fourth-order valence-electron chi connectivity index (χ4n) is 0.595. The van der Waals surface area contributed by atoms with Crippen LogP contribution in [0.4, 0.5) is 8.78 Å². The third-order valence-corrected chi connectivity index (χ3v) is 2.14. The maximum atomic E-state index is 11.8. The molecule has 0 saturated heterocycles. The van der Waals surface area contributed by atoms with E-state index < -0.39 is 6.61 Å². The van der Waals surface area contributed by atoms with Crippen LogP contribution in [-0.2, 0) is 0 Å². The summed E-state index contributed by atoms with van der Waals surface area (Å²) >= 11 is 7.34. The van der Waals surface area contributed by atoms with Gasteiger partial charge in [-0.25, -0.2) is 4.98 Å². The lowest BCUT2D eigenvalue weighted by molar-refractivity contribution is -0.0505. The van der Waals surface area contributed by atoms with Crippen LogP contribution in [0.3, 0.4) is 0 Å². The molecule has 1 aromatic heterocycles. The summed E-state index contributed by atoms with van der Waals surface area (Å²) in [5.74, 6) is -0.0743. The van der Waals surface area contributed by atoms with Crippen molar-refractivity contribution < 1.29 is 13.5 Å². The summed E-state index contributed by atoms with van der Waals surface area (Å²) in [5.41, 5.74) is 0. The van der Waals surface area contributed by atoms with E-state index in [1.807, 2.05) is 22.6 Å². The molecule has 0 aromatic carbocycles. The first kappa shape index (κ1) is 9.91. The van der Waals surface area contributed by atoms with Crippen molar-refractivity contribution in [2.75, 3.05) is 0 Å². The molecule has 1 rings (SSSR count). The van der Waals surface area contributed by atoms with Gasteiger partial charge in [-0.2, -0.15) is 8.78 Å². The molecule has 0 aliphatic rings. The van der Waals surface area contributed by atoms with Crippen LogP contribution in [0.15, 0.2) is 12.3 Å². The Kier molecular flexibility index (Phi) is 3.45. The Bertz CT molecular complexity index is 264. The quantitative estimate of drug-likeness (QED) is 0.619. The summed E-state index contributed by atoms with van der Waals surface area (Å²) in [4.78, 5) is 3.60. The van der Waals surface area contributed by atoms with Gasteiger partial charge < -0.3 is 4.74 Å². The lowest BCUT2D eigenvalue weighted by atomic mass is 10.5. The van der Waals surface area contributed by atoms with E-state index in [2.05, 4.69) is 9.72 Å². The van der Waals surface area contributed by atoms with Gasteiger partial charge in [-0.1, -0.05) is 11.6 Å². The van der Waals surface area contributed by atoms with Crippen LogP contribution in [0.5, 0.6) is 5.75 Å². The Morgan fingerprint density at radius 3 is 2.75 bits per heavy atom. The molecule has 0 aliphatic heterocycles. The summed E-state index contributed by atoms with van der Waals surface area (Å²) in [6.07, 6.45) is 1.42. The van der Waals surface area contributed by atoms with Crippen molar-refractivity contribution in [3.63, 3.8) is 0 Å². The summed E-state index contributed by atoms with van der Waals surface area (Å²) in [7, 11) is 0. The van der Waals surface area contributed by atoms with Gasteiger partial charge in [-0.3, -0.25) is 0 Å². The highest BCUT2D eigenvalue weighted by atomic mass is 127. The zero-order valence-electron chi connectivity index (χ0n) is 5.60. The van der Waals surface area contributed by atoms with Crippen molar-refractivity contribution in [3.05, 3.63) is 21.0 Å². The average Bonchev–Trinajstić information content (AvgIpc) is 1.97. The topological polar surface area (TPSA) is 22.1 Å². The lowest BCUT2D eigenvalue weighted by Gasteiger charge is -2.06. The number of rotatable bonds is 2. The van der Waals surface area contributed by atoms with Crippen molar-refractivity contribution in [1.29, 1.82) is 0 Å². The Labute approximate surface area is 86.0 Å². The van der Waals surface area contributed by atoms with E-state index in [0.29, 0.717) is 3.57 Å². The van der Waals surface area contributed by atoms with Crippen LogP contribution in [0, 0.1) is 3.57 Å². The first-order valence-electron chi connectivity index (χ1n) is 2.86. The standard InChI is InChI=1S/C6H3ClF2INO/c7-5-4(12-6(8)9)3(10)1-2-11-5/h1-2,6H. The van der Waals surface area contributed by atoms with E-state index in [4.69, 9.17) is 11.6 Å². The predicted octanol–water partition coefficient (Wildman–Crippen LogP) is 2.94. The minimum absolute atomic E-state index is 0.0535. The molecule has 0 aliphatic carbocycles. The van der Waals surface area contributed by atoms with Gasteiger partial charge in [0.1, 0.15) is 0 Å². The molecule has 0 N–H and O–H groups in total. The Morgan fingerprint density at radius 2 is 2.25 bits per heavy atom. The molecule has 1 heterocycles. The first-order chi connectivity index (χ1) is 5.61. The highest BCUT2D eigenvalue weighted by molar-refractivity contribution is 14.1. The molecule has 0 radical (unpaired) electrons. The van der Waals surface area contributed by atoms with Gasteiger partial charge in [0, 0.05) is 6.20 Å². The van der Waals surface area contributed by atoms with Gasteiger partial charge in [0.15, 0.2) is 10.9 Å². The maximum Gasteiger partial charge on any atom is 0.387 e. The molecule has 1 aromatic rings. The van der Waals surface area contributed by atoms with Crippen LogP contribution in [0.2, 0.25) is 5.15 Å². The predicted molar refractivity (Wildman–Crippen MR) is 48.6 cm³/mol. The van der Waals surface area contributed by atoms with E-state index in [9.17, 15) is 8.78 Å². The monoisotopic (exact) mass is 305 g/mol. The molecular formula is C6H3ClF2INO. The van der Waals surface area contributed by atoms with Crippen molar-refractivity contribution >= 4 is 34.2 Å². The lowest BCUT2D eigenvalue weighted by Crippen LogP contribution is -2.04. The Balaban J connectivity index is 2.96. The normalized spacial score (nSPS) is 10.4. The van der Waals surface area contributed by atoms with Crippen LogP contribution < -0.4 is 4.74 Å². The fourth-order valence-corrected chi connectivity index (χ4v) is 1.50. The van der Waals surface area contributed by atoms with E-state index in [1.165, 1.54) is 12.3 Å². The van der Waals surface area contributed by atoms with E-state index in [1.54, 1.807) is 0 Å². The number of halogens is 4.